The lowest BCUT2D eigenvalue weighted by molar-refractivity contribution is -0.138. The summed E-state index contributed by atoms with van der Waals surface area (Å²) in [4.78, 5) is 30.2. The second kappa shape index (κ2) is 10.9. The zero-order chi connectivity index (χ0) is 29.4. The van der Waals surface area contributed by atoms with Crippen molar-refractivity contribution in [2.45, 2.75) is 64.7 Å². The molecule has 0 saturated carbocycles. The summed E-state index contributed by atoms with van der Waals surface area (Å²) >= 11 is 0. The van der Waals surface area contributed by atoms with Crippen LogP contribution >= 0.6 is 0 Å². The molecule has 40 heavy (non-hydrogen) atoms. The van der Waals surface area contributed by atoms with Crippen LogP contribution in [0.1, 0.15) is 89.5 Å². The Morgan fingerprint density at radius 2 is 1.60 bits per heavy atom. The Balaban J connectivity index is 1.65. The zero-order valence-electron chi connectivity index (χ0n) is 24.3. The molecular weight excluding hydrogens is 514 g/mol. The van der Waals surface area contributed by atoms with E-state index in [1.807, 2.05) is 0 Å². The molecule has 9 nitrogen and oxygen atoms in total. The Morgan fingerprint density at radius 3 is 2.17 bits per heavy atom. The van der Waals surface area contributed by atoms with Gasteiger partial charge in [-0.25, -0.2) is 10.1 Å². The number of amides is 1. The van der Waals surface area contributed by atoms with Gasteiger partial charge in [-0.2, -0.15) is 0 Å². The van der Waals surface area contributed by atoms with Crippen LogP contribution in [0.4, 0.5) is 5.69 Å². The van der Waals surface area contributed by atoms with E-state index in [1.165, 1.54) is 44.1 Å². The number of furan rings is 1. The van der Waals surface area contributed by atoms with Crippen LogP contribution < -0.4 is 19.7 Å². The van der Waals surface area contributed by atoms with Gasteiger partial charge in [0.05, 0.1) is 26.9 Å². The lowest BCUT2D eigenvalue weighted by Gasteiger charge is -2.42. The highest BCUT2D eigenvalue weighted by molar-refractivity contribution is 6.09. The first-order valence-corrected chi connectivity index (χ1v) is 13.1. The van der Waals surface area contributed by atoms with Gasteiger partial charge < -0.3 is 28.8 Å². The molecule has 2 N–H and O–H groups in total. The van der Waals surface area contributed by atoms with Crippen LogP contribution in [-0.4, -0.2) is 38.5 Å². The maximum atomic E-state index is 13.2. The molecule has 0 saturated heterocycles. The van der Waals surface area contributed by atoms with Crippen molar-refractivity contribution in [1.82, 2.24) is 0 Å². The van der Waals surface area contributed by atoms with Gasteiger partial charge in [-0.05, 0) is 65.0 Å². The Kier molecular flexibility index (Phi) is 7.90. The summed E-state index contributed by atoms with van der Waals surface area (Å²) in [6.45, 7) is 11.3. The lowest BCUT2D eigenvalue weighted by atomic mass is 9.62. The third kappa shape index (κ3) is 5.25. The number of methoxy groups -OCH3 is 3. The standard InChI is InChI=1S/C31H37NO8/c1-17-13-21-22(31(4,5)12-11-30(21,2)3)15-18(17)14-19-9-10-23(39-19)28(33)32-25-20(29(34)38-8)16-24(36-6)26(37-7)27(25)40-35/h9-10,13,15-16,35H,11-12,14H2,1-8H3,(H,32,33). The summed E-state index contributed by atoms with van der Waals surface area (Å²) in [5.41, 5.74) is 4.97. The van der Waals surface area contributed by atoms with E-state index in [0.717, 1.165) is 18.4 Å². The molecule has 2 aromatic carbocycles. The van der Waals surface area contributed by atoms with E-state index in [4.69, 9.17) is 18.6 Å². The quantitative estimate of drug-likeness (QED) is 0.187. The summed E-state index contributed by atoms with van der Waals surface area (Å²) in [6, 6.07) is 9.21. The predicted molar refractivity (Wildman–Crippen MR) is 150 cm³/mol. The van der Waals surface area contributed by atoms with Gasteiger partial charge in [-0.1, -0.05) is 39.8 Å². The average Bonchev–Trinajstić information content (AvgIpc) is 3.39. The van der Waals surface area contributed by atoms with Gasteiger partial charge in [0.25, 0.3) is 5.91 Å². The topological polar surface area (TPSA) is 116 Å². The van der Waals surface area contributed by atoms with Crippen molar-refractivity contribution >= 4 is 17.6 Å². The molecule has 1 amide bonds. The van der Waals surface area contributed by atoms with Crippen molar-refractivity contribution in [1.29, 1.82) is 0 Å². The fourth-order valence-corrected chi connectivity index (χ4v) is 5.36. The van der Waals surface area contributed by atoms with Crippen LogP contribution in [0.25, 0.3) is 0 Å². The van der Waals surface area contributed by atoms with Gasteiger partial charge >= 0.3 is 5.97 Å². The van der Waals surface area contributed by atoms with E-state index >= 15 is 0 Å². The Labute approximate surface area is 234 Å². The van der Waals surface area contributed by atoms with Crippen molar-refractivity contribution < 1.29 is 38.4 Å². The zero-order valence-corrected chi connectivity index (χ0v) is 24.3. The molecule has 0 bridgehead atoms. The number of hydrogen-bond acceptors (Lipinski definition) is 8. The highest BCUT2D eigenvalue weighted by Gasteiger charge is 2.37. The second-order valence-electron chi connectivity index (χ2n) is 11.4. The van der Waals surface area contributed by atoms with Crippen LogP contribution in [0.5, 0.6) is 17.2 Å². The van der Waals surface area contributed by atoms with E-state index < -0.39 is 11.9 Å². The first-order chi connectivity index (χ1) is 18.9. The number of hydrogen-bond donors (Lipinski definition) is 2. The van der Waals surface area contributed by atoms with Crippen LogP contribution in [-0.2, 0) is 22.0 Å². The minimum absolute atomic E-state index is 0.0153. The third-order valence-electron chi connectivity index (χ3n) is 7.92. The summed E-state index contributed by atoms with van der Waals surface area (Å²) in [5.74, 6) is -1.07. The Morgan fingerprint density at radius 1 is 0.950 bits per heavy atom. The number of carbonyl (C=O) groups is 2. The highest BCUT2D eigenvalue weighted by atomic mass is 17.1. The van der Waals surface area contributed by atoms with Gasteiger partial charge in [0.15, 0.2) is 11.5 Å². The van der Waals surface area contributed by atoms with Gasteiger partial charge in [0.1, 0.15) is 11.4 Å². The summed E-state index contributed by atoms with van der Waals surface area (Å²) in [5, 5.41) is 12.2. The van der Waals surface area contributed by atoms with Crippen molar-refractivity contribution in [2.24, 2.45) is 0 Å². The monoisotopic (exact) mass is 551 g/mol. The lowest BCUT2D eigenvalue weighted by Crippen LogP contribution is -2.34. The van der Waals surface area contributed by atoms with Crippen LogP contribution in [0.15, 0.2) is 34.7 Å². The molecule has 0 fully saturated rings. The highest BCUT2D eigenvalue weighted by Crippen LogP contribution is 2.47. The minimum atomic E-state index is -0.788. The van der Waals surface area contributed by atoms with Gasteiger partial charge in [-0.15, -0.1) is 0 Å². The molecular formula is C31H37NO8. The number of aryl methyl sites for hydroxylation is 1. The molecule has 4 rings (SSSR count). The van der Waals surface area contributed by atoms with E-state index in [9.17, 15) is 14.8 Å². The van der Waals surface area contributed by atoms with Crippen molar-refractivity contribution in [3.8, 4) is 17.2 Å². The van der Waals surface area contributed by atoms with Gasteiger partial charge in [0.2, 0.25) is 11.5 Å². The number of nitrogens with one attached hydrogen (secondary N) is 1. The number of ether oxygens (including phenoxy) is 3. The number of carbonyl (C=O) groups excluding carboxylic acids is 2. The molecule has 0 atom stereocenters. The first-order valence-electron chi connectivity index (χ1n) is 13.1. The van der Waals surface area contributed by atoms with Crippen molar-refractivity contribution in [2.75, 3.05) is 26.6 Å². The number of fused-ring (bicyclic) bond motifs is 1. The minimum Gasteiger partial charge on any atom is -0.493 e. The van der Waals surface area contributed by atoms with E-state index in [1.54, 1.807) is 12.1 Å². The molecule has 9 heteroatoms. The second-order valence-corrected chi connectivity index (χ2v) is 11.4. The van der Waals surface area contributed by atoms with Crippen LogP contribution in [0.2, 0.25) is 0 Å². The van der Waals surface area contributed by atoms with Gasteiger partial charge in [0, 0.05) is 12.5 Å². The molecule has 3 aromatic rings. The largest absolute Gasteiger partial charge is 0.493 e. The smallest absolute Gasteiger partial charge is 0.340 e. The summed E-state index contributed by atoms with van der Waals surface area (Å²) in [6.07, 6.45) is 2.77. The first kappa shape index (κ1) is 29.0. The molecule has 0 radical (unpaired) electrons. The van der Waals surface area contributed by atoms with E-state index in [2.05, 4.69) is 57.0 Å². The molecule has 1 aliphatic rings. The third-order valence-corrected chi connectivity index (χ3v) is 7.92. The van der Waals surface area contributed by atoms with Crippen LogP contribution in [0, 0.1) is 6.92 Å². The molecule has 1 heterocycles. The normalized spacial score (nSPS) is 15.1. The maximum absolute atomic E-state index is 13.2. The van der Waals surface area contributed by atoms with E-state index in [0.29, 0.717) is 12.2 Å². The molecule has 0 aliphatic heterocycles. The fourth-order valence-electron chi connectivity index (χ4n) is 5.36. The SMILES string of the molecule is COC(=O)c1cc(OC)c(OC)c(OO)c1NC(=O)c1ccc(Cc2cc3c(cc2C)C(C)(C)CCC3(C)C)o1. The van der Waals surface area contributed by atoms with E-state index in [-0.39, 0.29) is 45.1 Å². The Hall–Kier alpha value is -3.98. The summed E-state index contributed by atoms with van der Waals surface area (Å²) < 4.78 is 21.3. The summed E-state index contributed by atoms with van der Waals surface area (Å²) in [7, 11) is 3.87. The molecule has 1 aromatic heterocycles. The number of rotatable bonds is 8. The van der Waals surface area contributed by atoms with Crippen molar-refractivity contribution in [3.63, 3.8) is 0 Å². The molecule has 0 unspecified atom stereocenters. The van der Waals surface area contributed by atoms with Crippen LogP contribution in [0.3, 0.4) is 0 Å². The number of benzene rings is 2. The molecule has 214 valence electrons. The fraction of sp³-hybridized carbons (Fsp3) is 0.419. The molecule has 0 spiro atoms. The number of anilines is 1. The number of esters is 1. The van der Waals surface area contributed by atoms with Crippen molar-refractivity contribution in [3.05, 3.63) is 69.7 Å². The van der Waals surface area contributed by atoms with Gasteiger partial charge in [-0.3, -0.25) is 4.79 Å². The Bertz CT molecular complexity index is 1450. The maximum Gasteiger partial charge on any atom is 0.340 e. The average molecular weight is 552 g/mol. The predicted octanol–water partition coefficient (Wildman–Crippen LogP) is 6.44. The molecule has 1 aliphatic carbocycles.